The molecule has 0 atom stereocenters. The van der Waals surface area contributed by atoms with Crippen LogP contribution in [0.2, 0.25) is 0 Å². The number of likely N-dealkylation sites (N-methyl/N-ethyl adjacent to an activating group) is 1. The Kier molecular flexibility index (Phi) is 6.07. The Hall–Kier alpha value is -2.68. The van der Waals surface area contributed by atoms with E-state index in [0.29, 0.717) is 38.5 Å². The Balaban J connectivity index is 2.14. The predicted molar refractivity (Wildman–Crippen MR) is 85.1 cm³/mol. The van der Waals surface area contributed by atoms with Gasteiger partial charge in [-0.3, -0.25) is 14.9 Å². The van der Waals surface area contributed by atoms with E-state index >= 15 is 0 Å². The summed E-state index contributed by atoms with van der Waals surface area (Å²) >= 11 is 0. The first-order valence-electron chi connectivity index (χ1n) is 7.58. The molecule has 1 aliphatic heterocycles. The van der Waals surface area contributed by atoms with E-state index in [-0.39, 0.29) is 11.3 Å². The number of nitro benzene ring substituents is 1. The monoisotopic (exact) mass is 337 g/mol. The smallest absolute Gasteiger partial charge is 0.338 e. The van der Waals surface area contributed by atoms with Gasteiger partial charge in [0.1, 0.15) is 5.69 Å². The summed E-state index contributed by atoms with van der Waals surface area (Å²) in [6.07, 6.45) is 0. The van der Waals surface area contributed by atoms with E-state index in [2.05, 4.69) is 5.32 Å². The molecule has 0 bridgehead atoms. The summed E-state index contributed by atoms with van der Waals surface area (Å²) < 4.78 is 10.1. The Morgan fingerprint density at radius 1 is 1.38 bits per heavy atom. The largest absolute Gasteiger partial charge is 0.452 e. The van der Waals surface area contributed by atoms with Gasteiger partial charge in [0.2, 0.25) is 0 Å². The van der Waals surface area contributed by atoms with Crippen LogP contribution in [0.15, 0.2) is 18.2 Å². The molecule has 130 valence electrons. The van der Waals surface area contributed by atoms with Crippen molar-refractivity contribution in [2.24, 2.45) is 0 Å². The van der Waals surface area contributed by atoms with Gasteiger partial charge in [0.25, 0.3) is 11.6 Å². The van der Waals surface area contributed by atoms with E-state index in [0.717, 1.165) is 0 Å². The normalized spacial score (nSPS) is 14.1. The molecule has 0 aromatic heterocycles. The zero-order valence-corrected chi connectivity index (χ0v) is 13.3. The van der Waals surface area contributed by atoms with E-state index in [4.69, 9.17) is 9.47 Å². The second-order valence-electron chi connectivity index (χ2n) is 5.09. The molecule has 9 heteroatoms. The zero-order valence-electron chi connectivity index (χ0n) is 13.3. The number of hydrogen-bond donors (Lipinski definition) is 1. The van der Waals surface area contributed by atoms with Gasteiger partial charge in [-0.1, -0.05) is 0 Å². The number of nitro groups is 1. The van der Waals surface area contributed by atoms with E-state index < -0.39 is 23.4 Å². The third-order valence-electron chi connectivity index (χ3n) is 3.47. The third-order valence-corrected chi connectivity index (χ3v) is 3.47. The Morgan fingerprint density at radius 2 is 2.08 bits per heavy atom. The maximum absolute atomic E-state index is 12.0. The van der Waals surface area contributed by atoms with E-state index in [1.54, 1.807) is 6.92 Å². The average Bonchev–Trinajstić information content (AvgIpc) is 2.60. The summed E-state index contributed by atoms with van der Waals surface area (Å²) in [4.78, 5) is 35.9. The lowest BCUT2D eigenvalue weighted by molar-refractivity contribution is -0.384. The number of nitrogens with one attached hydrogen (secondary N) is 1. The number of benzene rings is 1. The van der Waals surface area contributed by atoms with Gasteiger partial charge in [-0.15, -0.1) is 0 Å². The second kappa shape index (κ2) is 8.25. The van der Waals surface area contributed by atoms with Crippen LogP contribution in [0.25, 0.3) is 0 Å². The molecule has 1 fully saturated rings. The Labute approximate surface area is 138 Å². The molecule has 0 saturated carbocycles. The number of amides is 1. The van der Waals surface area contributed by atoms with Gasteiger partial charge in [-0.25, -0.2) is 4.79 Å². The number of rotatable bonds is 6. The van der Waals surface area contributed by atoms with Crippen molar-refractivity contribution in [1.82, 2.24) is 5.32 Å². The van der Waals surface area contributed by atoms with Gasteiger partial charge in [0.15, 0.2) is 6.61 Å². The van der Waals surface area contributed by atoms with Gasteiger partial charge in [-0.2, -0.15) is 0 Å². The molecule has 1 aromatic carbocycles. The minimum absolute atomic E-state index is 0.0306. The maximum Gasteiger partial charge on any atom is 0.338 e. The molecule has 0 unspecified atom stereocenters. The van der Waals surface area contributed by atoms with Gasteiger partial charge < -0.3 is 19.7 Å². The molecule has 0 radical (unpaired) electrons. The van der Waals surface area contributed by atoms with Crippen LogP contribution >= 0.6 is 0 Å². The lowest BCUT2D eigenvalue weighted by Gasteiger charge is -2.28. The molecule has 1 heterocycles. The minimum atomic E-state index is -0.780. The van der Waals surface area contributed by atoms with Crippen LogP contribution in [0.3, 0.4) is 0 Å². The molecule has 1 amide bonds. The molecule has 9 nitrogen and oxygen atoms in total. The maximum atomic E-state index is 12.0. The van der Waals surface area contributed by atoms with Gasteiger partial charge in [0.05, 0.1) is 23.7 Å². The molecule has 1 saturated heterocycles. The predicted octanol–water partition coefficient (Wildman–Crippen LogP) is 0.724. The first kappa shape index (κ1) is 17.7. The lowest BCUT2D eigenvalue weighted by Crippen LogP contribution is -2.36. The number of carbonyl (C=O) groups excluding carboxylic acids is 2. The van der Waals surface area contributed by atoms with Crippen LogP contribution in [-0.4, -0.2) is 56.3 Å². The molecule has 1 N–H and O–H groups in total. The average molecular weight is 337 g/mol. The minimum Gasteiger partial charge on any atom is -0.452 e. The highest BCUT2D eigenvalue weighted by atomic mass is 16.6. The lowest BCUT2D eigenvalue weighted by atomic mass is 10.1. The highest BCUT2D eigenvalue weighted by molar-refractivity contribution is 5.93. The number of morpholine rings is 1. The second-order valence-corrected chi connectivity index (χ2v) is 5.09. The molecule has 0 spiro atoms. The molecule has 24 heavy (non-hydrogen) atoms. The number of anilines is 1. The fraction of sp³-hybridized carbons (Fsp3) is 0.467. The van der Waals surface area contributed by atoms with Crippen molar-refractivity contribution in [3.05, 3.63) is 33.9 Å². The highest BCUT2D eigenvalue weighted by Gasteiger charge is 2.24. The van der Waals surface area contributed by atoms with E-state index in [1.807, 2.05) is 4.90 Å². The van der Waals surface area contributed by atoms with Crippen molar-refractivity contribution in [2.75, 3.05) is 44.4 Å². The first-order valence-corrected chi connectivity index (χ1v) is 7.58. The van der Waals surface area contributed by atoms with Crippen molar-refractivity contribution in [3.63, 3.8) is 0 Å². The molecular weight excluding hydrogens is 318 g/mol. The van der Waals surface area contributed by atoms with Crippen LogP contribution < -0.4 is 10.2 Å². The molecular formula is C15H19N3O6. The number of hydrogen-bond acceptors (Lipinski definition) is 7. The molecule has 0 aliphatic carbocycles. The summed E-state index contributed by atoms with van der Waals surface area (Å²) in [5, 5.41) is 13.8. The molecule has 2 rings (SSSR count). The molecule has 1 aromatic rings. The van der Waals surface area contributed by atoms with Crippen LogP contribution in [0, 0.1) is 10.1 Å². The Morgan fingerprint density at radius 3 is 2.71 bits per heavy atom. The SMILES string of the molecule is CCNC(=O)COC(=O)c1ccc(N2CCOCC2)c([N+](=O)[O-])c1. The molecule has 1 aliphatic rings. The van der Waals surface area contributed by atoms with Crippen molar-refractivity contribution >= 4 is 23.3 Å². The van der Waals surface area contributed by atoms with Gasteiger partial charge in [0, 0.05) is 25.7 Å². The Bertz CT molecular complexity index is 628. The van der Waals surface area contributed by atoms with Crippen molar-refractivity contribution in [1.29, 1.82) is 0 Å². The van der Waals surface area contributed by atoms with Crippen molar-refractivity contribution < 1.29 is 24.0 Å². The topological polar surface area (TPSA) is 111 Å². The first-order chi connectivity index (χ1) is 11.5. The van der Waals surface area contributed by atoms with E-state index in [1.165, 1.54) is 18.2 Å². The standard InChI is InChI=1S/C15H19N3O6/c1-2-16-14(19)10-24-15(20)11-3-4-12(13(9-11)18(21)22)17-5-7-23-8-6-17/h3-4,9H,2,5-8,10H2,1H3,(H,16,19). The summed E-state index contributed by atoms with van der Waals surface area (Å²) in [5.41, 5.74) is 0.288. The third kappa shape index (κ3) is 4.42. The van der Waals surface area contributed by atoms with Crippen LogP contribution in [0.4, 0.5) is 11.4 Å². The van der Waals surface area contributed by atoms with Crippen LogP contribution in [-0.2, 0) is 14.3 Å². The summed E-state index contributed by atoms with van der Waals surface area (Å²) in [6, 6.07) is 4.15. The highest BCUT2D eigenvalue weighted by Crippen LogP contribution is 2.30. The van der Waals surface area contributed by atoms with Crippen LogP contribution in [0.5, 0.6) is 0 Å². The quantitative estimate of drug-likeness (QED) is 0.462. The van der Waals surface area contributed by atoms with Gasteiger partial charge in [-0.05, 0) is 19.1 Å². The number of ether oxygens (including phenoxy) is 2. The van der Waals surface area contributed by atoms with Gasteiger partial charge >= 0.3 is 5.97 Å². The summed E-state index contributed by atoms with van der Waals surface area (Å²) in [6.45, 7) is 3.82. The summed E-state index contributed by atoms with van der Waals surface area (Å²) in [7, 11) is 0. The number of esters is 1. The van der Waals surface area contributed by atoms with E-state index in [9.17, 15) is 19.7 Å². The fourth-order valence-electron chi connectivity index (χ4n) is 2.33. The van der Waals surface area contributed by atoms with Crippen molar-refractivity contribution in [2.45, 2.75) is 6.92 Å². The fourth-order valence-corrected chi connectivity index (χ4v) is 2.33. The van der Waals surface area contributed by atoms with Crippen molar-refractivity contribution in [3.8, 4) is 0 Å². The summed E-state index contributed by atoms with van der Waals surface area (Å²) in [5.74, 6) is -1.21. The zero-order chi connectivity index (χ0) is 17.5. The number of nitrogens with zero attached hydrogens (tertiary/aromatic N) is 2. The van der Waals surface area contributed by atoms with Crippen LogP contribution in [0.1, 0.15) is 17.3 Å². The number of carbonyl (C=O) groups is 2.